The van der Waals surface area contributed by atoms with Crippen LogP contribution in [0.4, 0.5) is 5.69 Å². The fraction of sp³-hybridized carbons (Fsp3) is 0.400. The van der Waals surface area contributed by atoms with Gasteiger partial charge in [-0.1, -0.05) is 0 Å². The summed E-state index contributed by atoms with van der Waals surface area (Å²) in [6.45, 7) is 6.85. The predicted molar refractivity (Wildman–Crippen MR) is 62.2 cm³/mol. The number of aryl methyl sites for hydroxylation is 3. The third-order valence-corrected chi connectivity index (χ3v) is 3.33. The number of aromatic nitrogens is 3. The minimum Gasteiger partial charge on any atom is -0.377 e. The van der Waals surface area contributed by atoms with Crippen LogP contribution in [0, 0.1) is 20.8 Å². The third kappa shape index (κ3) is 2.02. The lowest BCUT2D eigenvalue weighted by molar-refractivity contribution is 1.02. The van der Waals surface area contributed by atoms with E-state index in [1.807, 2.05) is 26.3 Å². The van der Waals surface area contributed by atoms with Crippen LogP contribution in [0.1, 0.15) is 22.0 Å². The summed E-state index contributed by atoms with van der Waals surface area (Å²) in [6, 6.07) is 0. The molecule has 15 heavy (non-hydrogen) atoms. The van der Waals surface area contributed by atoms with Gasteiger partial charge in [0.2, 0.25) is 0 Å². The van der Waals surface area contributed by atoms with Crippen molar-refractivity contribution in [3.63, 3.8) is 0 Å². The van der Waals surface area contributed by atoms with Crippen LogP contribution in [0.15, 0.2) is 5.51 Å². The summed E-state index contributed by atoms with van der Waals surface area (Å²) in [4.78, 5) is 5.49. The smallest absolute Gasteiger partial charge is 0.0825 e. The minimum absolute atomic E-state index is 0.817. The van der Waals surface area contributed by atoms with E-state index in [9.17, 15) is 0 Å². The zero-order valence-electron chi connectivity index (χ0n) is 9.09. The van der Waals surface area contributed by atoms with E-state index in [-0.39, 0.29) is 0 Å². The first-order valence-electron chi connectivity index (χ1n) is 4.83. The Morgan fingerprint density at radius 2 is 2.13 bits per heavy atom. The summed E-state index contributed by atoms with van der Waals surface area (Å²) >= 11 is 1.68. The predicted octanol–water partition coefficient (Wildman–Crippen LogP) is 2.40. The summed E-state index contributed by atoms with van der Waals surface area (Å²) in [5.74, 6) is 0. The molecule has 0 unspecified atom stereocenters. The molecule has 80 valence electrons. The molecule has 0 amide bonds. The molecule has 0 saturated carbocycles. The Morgan fingerprint density at radius 1 is 1.33 bits per heavy atom. The van der Waals surface area contributed by atoms with Crippen LogP contribution in [0.3, 0.4) is 0 Å². The molecular weight excluding hydrogens is 208 g/mol. The monoisotopic (exact) mass is 222 g/mol. The van der Waals surface area contributed by atoms with E-state index in [1.54, 1.807) is 11.3 Å². The van der Waals surface area contributed by atoms with Gasteiger partial charge in [0.25, 0.3) is 0 Å². The average molecular weight is 222 g/mol. The molecule has 2 rings (SSSR count). The Hall–Kier alpha value is -1.36. The van der Waals surface area contributed by atoms with Gasteiger partial charge < -0.3 is 5.32 Å². The second-order valence-corrected chi connectivity index (χ2v) is 4.46. The number of rotatable bonds is 3. The highest BCUT2D eigenvalue weighted by Gasteiger charge is 2.07. The third-order valence-electron chi connectivity index (χ3n) is 2.40. The number of nitrogens with zero attached hydrogens (tertiary/aromatic N) is 2. The molecule has 2 heterocycles. The highest BCUT2D eigenvalue weighted by atomic mass is 32.1. The van der Waals surface area contributed by atoms with Gasteiger partial charge in [0.15, 0.2) is 0 Å². The maximum absolute atomic E-state index is 4.22. The van der Waals surface area contributed by atoms with Gasteiger partial charge in [-0.2, -0.15) is 5.10 Å². The Labute approximate surface area is 92.8 Å². The molecular formula is C10H14N4S. The van der Waals surface area contributed by atoms with Gasteiger partial charge in [-0.25, -0.2) is 4.98 Å². The Bertz CT molecular complexity index is 438. The number of anilines is 1. The molecule has 0 spiro atoms. The van der Waals surface area contributed by atoms with E-state index in [1.165, 1.54) is 4.88 Å². The summed E-state index contributed by atoms with van der Waals surface area (Å²) in [5.41, 5.74) is 6.17. The quantitative estimate of drug-likeness (QED) is 0.838. The Kier molecular flexibility index (Phi) is 2.73. The van der Waals surface area contributed by atoms with Crippen LogP contribution < -0.4 is 5.32 Å². The molecule has 2 aromatic rings. The standard InChI is InChI=1S/C10H14N4S/c1-6-9(15-5-12-6)4-11-10-7(2)13-14-8(10)3/h5,11H,4H2,1-3H3,(H,13,14). The maximum Gasteiger partial charge on any atom is 0.0825 e. The van der Waals surface area contributed by atoms with Crippen molar-refractivity contribution in [2.24, 2.45) is 0 Å². The molecule has 0 atom stereocenters. The zero-order valence-corrected chi connectivity index (χ0v) is 9.90. The number of aromatic amines is 1. The summed E-state index contributed by atoms with van der Waals surface area (Å²) in [7, 11) is 0. The Balaban J connectivity index is 2.08. The van der Waals surface area contributed by atoms with E-state index in [4.69, 9.17) is 0 Å². The largest absolute Gasteiger partial charge is 0.377 e. The molecule has 2 aromatic heterocycles. The van der Waals surface area contributed by atoms with Crippen molar-refractivity contribution in [1.29, 1.82) is 0 Å². The summed E-state index contributed by atoms with van der Waals surface area (Å²) < 4.78 is 0. The van der Waals surface area contributed by atoms with Crippen LogP contribution in [0.5, 0.6) is 0 Å². The van der Waals surface area contributed by atoms with Crippen molar-refractivity contribution in [2.45, 2.75) is 27.3 Å². The number of thiazole rings is 1. The molecule has 0 aromatic carbocycles. The number of hydrogen-bond acceptors (Lipinski definition) is 4. The second-order valence-electron chi connectivity index (χ2n) is 3.52. The van der Waals surface area contributed by atoms with E-state index in [0.717, 1.165) is 29.3 Å². The second kappa shape index (κ2) is 4.02. The SMILES string of the molecule is Cc1ncsc1CNc1c(C)n[nH]c1C. The lowest BCUT2D eigenvalue weighted by Crippen LogP contribution is -2.00. The molecule has 0 fully saturated rings. The van der Waals surface area contributed by atoms with Crippen LogP contribution >= 0.6 is 11.3 Å². The molecule has 5 heteroatoms. The van der Waals surface area contributed by atoms with Crippen molar-refractivity contribution in [2.75, 3.05) is 5.32 Å². The lowest BCUT2D eigenvalue weighted by atomic mass is 10.3. The topological polar surface area (TPSA) is 53.6 Å². The summed E-state index contributed by atoms with van der Waals surface area (Å²) in [6.07, 6.45) is 0. The molecule has 0 aliphatic rings. The first kappa shape index (κ1) is 10.2. The van der Waals surface area contributed by atoms with Crippen molar-refractivity contribution in [3.8, 4) is 0 Å². The maximum atomic E-state index is 4.22. The van der Waals surface area contributed by atoms with Crippen molar-refractivity contribution in [1.82, 2.24) is 15.2 Å². The van der Waals surface area contributed by atoms with Crippen molar-refractivity contribution < 1.29 is 0 Å². The molecule has 0 saturated heterocycles. The molecule has 0 aliphatic carbocycles. The lowest BCUT2D eigenvalue weighted by Gasteiger charge is -2.04. The van der Waals surface area contributed by atoms with Gasteiger partial charge >= 0.3 is 0 Å². The van der Waals surface area contributed by atoms with E-state index >= 15 is 0 Å². The number of nitrogens with one attached hydrogen (secondary N) is 2. The van der Waals surface area contributed by atoms with Crippen LogP contribution in [0.25, 0.3) is 0 Å². The zero-order chi connectivity index (χ0) is 10.8. The van der Waals surface area contributed by atoms with Gasteiger partial charge in [-0.05, 0) is 20.8 Å². The highest BCUT2D eigenvalue weighted by Crippen LogP contribution is 2.19. The molecule has 0 aliphatic heterocycles. The van der Waals surface area contributed by atoms with Gasteiger partial charge in [0.05, 0.1) is 34.8 Å². The first-order valence-corrected chi connectivity index (χ1v) is 5.71. The highest BCUT2D eigenvalue weighted by molar-refractivity contribution is 7.09. The first-order chi connectivity index (χ1) is 7.18. The Morgan fingerprint density at radius 3 is 2.67 bits per heavy atom. The van der Waals surface area contributed by atoms with Gasteiger partial charge in [-0.15, -0.1) is 11.3 Å². The van der Waals surface area contributed by atoms with E-state index in [2.05, 4.69) is 20.5 Å². The van der Waals surface area contributed by atoms with Gasteiger partial charge in [0.1, 0.15) is 0 Å². The fourth-order valence-corrected chi connectivity index (χ4v) is 2.19. The number of H-pyrrole nitrogens is 1. The van der Waals surface area contributed by atoms with Crippen LogP contribution in [-0.2, 0) is 6.54 Å². The number of hydrogen-bond donors (Lipinski definition) is 2. The van der Waals surface area contributed by atoms with E-state index < -0.39 is 0 Å². The fourth-order valence-electron chi connectivity index (χ4n) is 1.48. The van der Waals surface area contributed by atoms with Crippen molar-refractivity contribution in [3.05, 3.63) is 27.5 Å². The summed E-state index contributed by atoms with van der Waals surface area (Å²) in [5, 5.41) is 10.5. The molecule has 2 N–H and O–H groups in total. The molecule has 0 radical (unpaired) electrons. The van der Waals surface area contributed by atoms with Gasteiger partial charge in [-0.3, -0.25) is 5.10 Å². The van der Waals surface area contributed by atoms with Crippen molar-refractivity contribution >= 4 is 17.0 Å². The normalized spacial score (nSPS) is 10.6. The van der Waals surface area contributed by atoms with Crippen LogP contribution in [-0.4, -0.2) is 15.2 Å². The van der Waals surface area contributed by atoms with Gasteiger partial charge in [0, 0.05) is 4.88 Å². The van der Waals surface area contributed by atoms with E-state index in [0.29, 0.717) is 0 Å². The van der Waals surface area contributed by atoms with Crippen LogP contribution in [0.2, 0.25) is 0 Å². The molecule has 4 nitrogen and oxygen atoms in total. The minimum atomic E-state index is 0.817. The molecule has 0 bridgehead atoms. The average Bonchev–Trinajstić information content (AvgIpc) is 2.73.